The second kappa shape index (κ2) is 9.92. The van der Waals surface area contributed by atoms with E-state index < -0.39 is 29.1 Å². The molecule has 5 atom stereocenters. The van der Waals surface area contributed by atoms with Crippen LogP contribution >= 0.6 is 0 Å². The van der Waals surface area contributed by atoms with Crippen molar-refractivity contribution in [2.45, 2.75) is 67.7 Å². The van der Waals surface area contributed by atoms with E-state index in [-0.39, 0.29) is 23.7 Å². The van der Waals surface area contributed by atoms with E-state index >= 15 is 0 Å². The molecule has 1 saturated heterocycles. The summed E-state index contributed by atoms with van der Waals surface area (Å²) in [6.45, 7) is 1.96. The number of hydrogen-bond acceptors (Lipinski definition) is 8. The third kappa shape index (κ3) is 4.29. The van der Waals surface area contributed by atoms with E-state index in [0.717, 1.165) is 43.0 Å². The topological polar surface area (TPSA) is 161 Å². The number of aromatic hydroxyl groups is 1. The van der Waals surface area contributed by atoms with Gasteiger partial charge in [-0.15, -0.1) is 0 Å². The molecule has 11 heteroatoms. The zero-order valence-corrected chi connectivity index (χ0v) is 22.7. The number of phenolic OH excluding ortho intramolecular Hbond substituents is 1. The first-order chi connectivity index (χ1) is 19.6. The van der Waals surface area contributed by atoms with Crippen LogP contribution in [0.3, 0.4) is 0 Å². The van der Waals surface area contributed by atoms with Gasteiger partial charge in [-0.25, -0.2) is 9.59 Å². The van der Waals surface area contributed by atoms with Gasteiger partial charge in [-0.3, -0.25) is 9.69 Å². The van der Waals surface area contributed by atoms with Crippen LogP contribution in [-0.4, -0.2) is 92.0 Å². The number of likely N-dealkylation sites (tertiary alicyclic amines) is 1. The van der Waals surface area contributed by atoms with Crippen molar-refractivity contribution < 1.29 is 44.0 Å². The number of ether oxygens (including phenoxy) is 1. The van der Waals surface area contributed by atoms with Crippen LogP contribution in [0.4, 0.5) is 0 Å². The molecule has 4 N–H and O–H groups in total. The predicted molar refractivity (Wildman–Crippen MR) is 144 cm³/mol. The van der Waals surface area contributed by atoms with Gasteiger partial charge in [0.2, 0.25) is 5.91 Å². The molecule has 3 heterocycles. The molecule has 2 bridgehead atoms. The van der Waals surface area contributed by atoms with Crippen molar-refractivity contribution in [2.24, 2.45) is 5.92 Å². The number of carbonyl (C=O) groups excluding carboxylic acids is 1. The van der Waals surface area contributed by atoms with Crippen molar-refractivity contribution in [1.82, 2.24) is 9.80 Å². The molecular formula is C30H34N2O9. The molecule has 2 aromatic rings. The summed E-state index contributed by atoms with van der Waals surface area (Å²) in [5.74, 6) is -2.37. The number of phenols is 1. The van der Waals surface area contributed by atoms with E-state index in [9.17, 15) is 15.0 Å². The summed E-state index contributed by atoms with van der Waals surface area (Å²) in [7, 11) is 1.82. The number of furan rings is 1. The highest BCUT2D eigenvalue weighted by atomic mass is 16.5. The molecular weight excluding hydrogens is 532 g/mol. The van der Waals surface area contributed by atoms with Crippen LogP contribution in [0.15, 0.2) is 41.2 Å². The monoisotopic (exact) mass is 566 g/mol. The average Bonchev–Trinajstić information content (AvgIpc) is 3.45. The molecule has 5 aliphatic rings. The minimum Gasteiger partial charge on any atom is -0.504 e. The molecule has 3 aliphatic carbocycles. The fourth-order valence-corrected chi connectivity index (χ4v) is 7.67. The number of nitrogens with zero attached hydrogens (tertiary/aromatic N) is 2. The van der Waals surface area contributed by atoms with Crippen molar-refractivity contribution >= 4 is 23.9 Å². The van der Waals surface area contributed by atoms with Crippen LogP contribution in [-0.2, 0) is 26.2 Å². The molecule has 218 valence electrons. The van der Waals surface area contributed by atoms with Crippen LogP contribution in [0.1, 0.15) is 48.8 Å². The Bertz CT molecular complexity index is 1390. The molecule has 1 aromatic carbocycles. The van der Waals surface area contributed by atoms with Crippen molar-refractivity contribution in [3.8, 4) is 11.5 Å². The number of benzene rings is 1. The number of rotatable bonds is 5. The van der Waals surface area contributed by atoms with Crippen LogP contribution in [0, 0.1) is 5.92 Å². The summed E-state index contributed by atoms with van der Waals surface area (Å²) in [6, 6.07) is 5.38. The molecule has 2 saturated carbocycles. The highest BCUT2D eigenvalue weighted by Gasteiger charge is 2.73. The van der Waals surface area contributed by atoms with Gasteiger partial charge in [0.05, 0.1) is 29.6 Å². The first kappa shape index (κ1) is 27.3. The number of carbonyl (C=O) groups is 3. The lowest BCUT2D eigenvalue weighted by Crippen LogP contribution is -2.78. The Morgan fingerprint density at radius 3 is 2.54 bits per heavy atom. The van der Waals surface area contributed by atoms with E-state index in [4.69, 9.17) is 29.0 Å². The van der Waals surface area contributed by atoms with Gasteiger partial charge >= 0.3 is 11.9 Å². The third-order valence-corrected chi connectivity index (χ3v) is 9.72. The summed E-state index contributed by atoms with van der Waals surface area (Å²) in [6.07, 6.45) is 11.5. The number of hydrogen-bond donors (Lipinski definition) is 4. The zero-order chi connectivity index (χ0) is 29.1. The molecule has 11 nitrogen and oxygen atoms in total. The van der Waals surface area contributed by atoms with E-state index in [1.807, 2.05) is 19.2 Å². The lowest BCUT2D eigenvalue weighted by atomic mass is 9.48. The van der Waals surface area contributed by atoms with Gasteiger partial charge in [-0.1, -0.05) is 6.07 Å². The van der Waals surface area contributed by atoms with E-state index in [0.29, 0.717) is 18.6 Å². The normalized spacial score (nSPS) is 31.0. The van der Waals surface area contributed by atoms with Gasteiger partial charge in [-0.2, -0.15) is 0 Å². The van der Waals surface area contributed by atoms with Gasteiger partial charge in [0, 0.05) is 36.8 Å². The number of carboxylic acids is 2. The molecule has 41 heavy (non-hydrogen) atoms. The smallest absolute Gasteiger partial charge is 0.414 e. The molecule has 1 spiro atoms. The molecule has 2 aliphatic heterocycles. The number of aliphatic carboxylic acids is 2. The number of aliphatic hydroxyl groups is 1. The number of likely N-dealkylation sites (N-methyl/N-ethyl adjacent to an activating group) is 1. The number of piperidine rings is 1. The maximum atomic E-state index is 13.2. The van der Waals surface area contributed by atoms with Crippen LogP contribution in [0.2, 0.25) is 0 Å². The summed E-state index contributed by atoms with van der Waals surface area (Å²) in [4.78, 5) is 35.7. The Hall–Kier alpha value is -3.83. The molecule has 1 amide bonds. The molecule has 1 aromatic heterocycles. The van der Waals surface area contributed by atoms with Gasteiger partial charge in [0.1, 0.15) is 6.10 Å². The summed E-state index contributed by atoms with van der Waals surface area (Å²) >= 11 is 0. The van der Waals surface area contributed by atoms with Gasteiger partial charge in [-0.05, 0) is 74.8 Å². The van der Waals surface area contributed by atoms with E-state index in [1.54, 1.807) is 35.6 Å². The third-order valence-electron chi connectivity index (χ3n) is 9.72. The maximum absolute atomic E-state index is 13.2. The molecule has 3 fully saturated rings. The Kier molecular flexibility index (Phi) is 6.61. The first-order valence-corrected chi connectivity index (χ1v) is 14.0. The van der Waals surface area contributed by atoms with Gasteiger partial charge in [0.15, 0.2) is 11.5 Å². The molecule has 1 unspecified atom stereocenters. The highest BCUT2D eigenvalue weighted by molar-refractivity contribution is 6.27. The average molecular weight is 567 g/mol. The van der Waals surface area contributed by atoms with Crippen molar-refractivity contribution in [3.05, 3.63) is 53.5 Å². The molecule has 0 radical (unpaired) electrons. The Balaban J connectivity index is 0.000000458. The van der Waals surface area contributed by atoms with Crippen LogP contribution < -0.4 is 4.74 Å². The van der Waals surface area contributed by atoms with Crippen molar-refractivity contribution in [1.29, 1.82) is 0 Å². The number of carboxylic acid groups (broad SMARTS) is 2. The fourth-order valence-electron chi connectivity index (χ4n) is 7.67. The Labute approximate surface area is 236 Å². The highest BCUT2D eigenvalue weighted by Crippen LogP contribution is 2.66. The lowest BCUT2D eigenvalue weighted by Gasteiger charge is -2.64. The van der Waals surface area contributed by atoms with Crippen LogP contribution in [0.5, 0.6) is 11.5 Å². The van der Waals surface area contributed by atoms with Crippen LogP contribution in [0.25, 0.3) is 6.08 Å². The minimum absolute atomic E-state index is 0.0360. The minimum atomic E-state index is -1.82. The second-order valence-electron chi connectivity index (χ2n) is 11.8. The SMILES string of the molecule is CN(C(=O)/C=C/c1ccoc1)[C@H]1CC[C@@]2(O)[C@H]3Cc4ccc(O)c5c4C2(CCN3CC2CC2)[C@H]1O5.O=C(O)C(=O)O. The quantitative estimate of drug-likeness (QED) is 0.312. The number of amides is 1. The van der Waals surface area contributed by atoms with Crippen molar-refractivity contribution in [2.75, 3.05) is 20.1 Å². The predicted octanol–water partition coefficient (Wildman–Crippen LogP) is 2.25. The van der Waals surface area contributed by atoms with Gasteiger partial charge in [0.25, 0.3) is 0 Å². The lowest BCUT2D eigenvalue weighted by molar-refractivity contribution is -0.200. The second-order valence-corrected chi connectivity index (χ2v) is 11.8. The van der Waals surface area contributed by atoms with E-state index in [2.05, 4.69) is 4.90 Å². The summed E-state index contributed by atoms with van der Waals surface area (Å²) in [5.41, 5.74) is 1.44. The van der Waals surface area contributed by atoms with E-state index in [1.165, 1.54) is 18.4 Å². The molecule has 7 rings (SSSR count). The Morgan fingerprint density at radius 1 is 1.12 bits per heavy atom. The fraction of sp³-hybridized carbons (Fsp3) is 0.500. The largest absolute Gasteiger partial charge is 0.504 e. The zero-order valence-electron chi connectivity index (χ0n) is 22.7. The maximum Gasteiger partial charge on any atom is 0.414 e. The van der Waals surface area contributed by atoms with Gasteiger partial charge < -0.3 is 34.5 Å². The summed E-state index contributed by atoms with van der Waals surface area (Å²) in [5, 5.41) is 38.1. The Morgan fingerprint density at radius 2 is 1.88 bits per heavy atom. The standard InChI is InChI=1S/C28H32N2O5.C2H2O4/c1-29(23(32)7-4-18-9-13-34-16-18)20-8-10-28(33)22-14-19-5-6-21(31)25-24(19)27(28,26(20)35-25)11-12-30(22)15-17-2-3-17;3-1(4)2(5)6/h4-7,9,13,16-17,20,22,26,31,33H,2-3,8,10-12,14-15H2,1H3;(H,3,4)(H,5,6)/b7-4+;/t20-,22+,26-,27?,28+;/m0./s1. The van der Waals surface area contributed by atoms with Crippen molar-refractivity contribution in [3.63, 3.8) is 0 Å². The summed E-state index contributed by atoms with van der Waals surface area (Å²) < 4.78 is 11.7. The first-order valence-electron chi connectivity index (χ1n) is 14.0.